The second-order valence-corrected chi connectivity index (χ2v) is 4.06. The predicted molar refractivity (Wildman–Crippen MR) is 72.0 cm³/mol. The molecule has 0 spiro atoms. The van der Waals surface area contributed by atoms with Crippen molar-refractivity contribution >= 4 is 11.7 Å². The molecular weight excluding hydrogens is 242 g/mol. The number of anilines is 1. The largest absolute Gasteiger partial charge is 0.396 e. The van der Waals surface area contributed by atoms with Gasteiger partial charge < -0.3 is 5.11 Å². The molecular formula is C14H15N3O2. The maximum Gasteiger partial charge on any atom is 0.259 e. The van der Waals surface area contributed by atoms with E-state index in [9.17, 15) is 4.79 Å². The Morgan fingerprint density at radius 3 is 2.79 bits per heavy atom. The van der Waals surface area contributed by atoms with Gasteiger partial charge in [0.05, 0.1) is 0 Å². The molecule has 0 unspecified atom stereocenters. The third-order valence-corrected chi connectivity index (χ3v) is 2.73. The highest BCUT2D eigenvalue weighted by Crippen LogP contribution is 2.12. The highest BCUT2D eigenvalue weighted by atomic mass is 16.3. The average molecular weight is 257 g/mol. The molecule has 0 bridgehead atoms. The van der Waals surface area contributed by atoms with Gasteiger partial charge in [-0.1, -0.05) is 6.07 Å². The van der Waals surface area contributed by atoms with Crippen LogP contribution >= 0.6 is 0 Å². The van der Waals surface area contributed by atoms with E-state index in [0.29, 0.717) is 23.5 Å². The third-order valence-electron chi connectivity index (χ3n) is 2.73. The number of nitrogens with zero attached hydrogens (tertiary/aromatic N) is 3. The molecule has 2 aromatic heterocycles. The maximum atomic E-state index is 12.3. The number of aliphatic hydroxyl groups excluding tert-OH is 1. The molecule has 1 N–H and O–H groups in total. The van der Waals surface area contributed by atoms with Crippen LogP contribution in [-0.2, 0) is 6.42 Å². The fourth-order valence-corrected chi connectivity index (χ4v) is 1.71. The van der Waals surface area contributed by atoms with Gasteiger partial charge in [-0.05, 0) is 24.3 Å². The molecule has 5 heteroatoms. The van der Waals surface area contributed by atoms with Crippen LogP contribution in [-0.4, -0.2) is 34.6 Å². The topological polar surface area (TPSA) is 66.3 Å². The minimum absolute atomic E-state index is 0.0146. The van der Waals surface area contributed by atoms with Crippen LogP contribution in [0.15, 0.2) is 42.7 Å². The van der Waals surface area contributed by atoms with Crippen molar-refractivity contribution in [1.29, 1.82) is 0 Å². The normalized spacial score (nSPS) is 10.2. The Morgan fingerprint density at radius 1 is 1.26 bits per heavy atom. The molecule has 0 aromatic carbocycles. The van der Waals surface area contributed by atoms with Crippen molar-refractivity contribution in [1.82, 2.24) is 9.97 Å². The fraction of sp³-hybridized carbons (Fsp3) is 0.214. The first-order valence-corrected chi connectivity index (χ1v) is 5.97. The summed E-state index contributed by atoms with van der Waals surface area (Å²) in [5.74, 6) is 0.438. The Kier molecular flexibility index (Phi) is 4.20. The van der Waals surface area contributed by atoms with E-state index >= 15 is 0 Å². The van der Waals surface area contributed by atoms with Gasteiger partial charge in [-0.2, -0.15) is 0 Å². The number of rotatable bonds is 4. The Labute approximate surface area is 111 Å². The summed E-state index contributed by atoms with van der Waals surface area (Å²) in [5.41, 5.74) is 1.23. The second-order valence-electron chi connectivity index (χ2n) is 4.06. The lowest BCUT2D eigenvalue weighted by molar-refractivity contribution is 0.0992. The van der Waals surface area contributed by atoms with E-state index in [1.54, 1.807) is 43.7 Å². The SMILES string of the molecule is CN(C(=O)c1ccnc(CCO)c1)c1ccccn1. The number of carbonyl (C=O) groups is 1. The van der Waals surface area contributed by atoms with Crippen molar-refractivity contribution in [3.8, 4) is 0 Å². The first kappa shape index (κ1) is 13.2. The number of carbonyl (C=O) groups excluding carboxylic acids is 1. The molecule has 5 nitrogen and oxygen atoms in total. The van der Waals surface area contributed by atoms with Crippen LogP contribution in [0.1, 0.15) is 16.1 Å². The summed E-state index contributed by atoms with van der Waals surface area (Å²) in [5, 5.41) is 8.89. The molecule has 0 atom stereocenters. The summed E-state index contributed by atoms with van der Waals surface area (Å²) < 4.78 is 0. The molecule has 2 aromatic rings. The molecule has 0 aliphatic heterocycles. The molecule has 19 heavy (non-hydrogen) atoms. The molecule has 2 rings (SSSR count). The van der Waals surface area contributed by atoms with E-state index in [0.717, 1.165) is 0 Å². The van der Waals surface area contributed by atoms with Crippen LogP contribution in [0.3, 0.4) is 0 Å². The van der Waals surface area contributed by atoms with E-state index in [1.165, 1.54) is 4.90 Å². The van der Waals surface area contributed by atoms with Crippen LogP contribution < -0.4 is 4.90 Å². The Hall–Kier alpha value is -2.27. The number of amides is 1. The van der Waals surface area contributed by atoms with Gasteiger partial charge in [-0.3, -0.25) is 14.7 Å². The molecule has 0 radical (unpaired) electrons. The molecule has 2 heterocycles. The summed E-state index contributed by atoms with van der Waals surface area (Å²) in [7, 11) is 1.68. The molecule has 1 amide bonds. The number of hydrogen-bond acceptors (Lipinski definition) is 4. The summed E-state index contributed by atoms with van der Waals surface area (Å²) in [6.07, 6.45) is 3.65. The maximum absolute atomic E-state index is 12.3. The van der Waals surface area contributed by atoms with Crippen LogP contribution in [0, 0.1) is 0 Å². The summed E-state index contributed by atoms with van der Waals surface area (Å²) in [6, 6.07) is 8.75. The lowest BCUT2D eigenvalue weighted by Crippen LogP contribution is -2.27. The van der Waals surface area contributed by atoms with Crippen LogP contribution in [0.4, 0.5) is 5.82 Å². The monoisotopic (exact) mass is 257 g/mol. The van der Waals surface area contributed by atoms with Gasteiger partial charge in [0.1, 0.15) is 5.82 Å². The van der Waals surface area contributed by atoms with Crippen molar-refractivity contribution in [2.75, 3.05) is 18.6 Å². The zero-order chi connectivity index (χ0) is 13.7. The van der Waals surface area contributed by atoms with Crippen molar-refractivity contribution in [2.24, 2.45) is 0 Å². The first-order valence-electron chi connectivity index (χ1n) is 5.97. The first-order chi connectivity index (χ1) is 9.22. The predicted octanol–water partition coefficient (Wildman–Crippen LogP) is 1.29. The zero-order valence-electron chi connectivity index (χ0n) is 10.7. The van der Waals surface area contributed by atoms with E-state index in [1.807, 2.05) is 6.07 Å². The van der Waals surface area contributed by atoms with Gasteiger partial charge in [0.25, 0.3) is 5.91 Å². The van der Waals surface area contributed by atoms with E-state index < -0.39 is 0 Å². The van der Waals surface area contributed by atoms with Crippen LogP contribution in [0.25, 0.3) is 0 Å². The molecule has 0 aliphatic carbocycles. The van der Waals surface area contributed by atoms with E-state index in [4.69, 9.17) is 5.11 Å². The number of hydrogen-bond donors (Lipinski definition) is 1. The van der Waals surface area contributed by atoms with Gasteiger partial charge in [0.15, 0.2) is 0 Å². The standard InChI is InChI=1S/C14H15N3O2/c1-17(13-4-2-3-7-16-13)14(19)11-5-8-15-12(10-11)6-9-18/h2-5,7-8,10,18H,6,9H2,1H3. The Bertz CT molecular complexity index is 558. The number of aromatic nitrogens is 2. The molecule has 0 saturated heterocycles. The minimum Gasteiger partial charge on any atom is -0.396 e. The van der Waals surface area contributed by atoms with Gasteiger partial charge >= 0.3 is 0 Å². The quantitative estimate of drug-likeness (QED) is 0.896. The number of aliphatic hydroxyl groups is 1. The average Bonchev–Trinajstić information content (AvgIpc) is 2.47. The van der Waals surface area contributed by atoms with Crippen molar-refractivity contribution in [3.63, 3.8) is 0 Å². The zero-order valence-corrected chi connectivity index (χ0v) is 10.7. The van der Waals surface area contributed by atoms with Gasteiger partial charge in [-0.25, -0.2) is 4.98 Å². The van der Waals surface area contributed by atoms with Gasteiger partial charge in [0, 0.05) is 43.7 Å². The van der Waals surface area contributed by atoms with Crippen molar-refractivity contribution in [2.45, 2.75) is 6.42 Å². The van der Waals surface area contributed by atoms with Crippen molar-refractivity contribution in [3.05, 3.63) is 54.0 Å². The minimum atomic E-state index is -0.153. The number of pyridine rings is 2. The smallest absolute Gasteiger partial charge is 0.259 e. The molecule has 0 saturated carbocycles. The van der Waals surface area contributed by atoms with Gasteiger partial charge in [0.2, 0.25) is 0 Å². The van der Waals surface area contributed by atoms with E-state index in [2.05, 4.69) is 9.97 Å². The molecule has 0 fully saturated rings. The molecule has 98 valence electrons. The Balaban J connectivity index is 2.22. The summed E-state index contributed by atoms with van der Waals surface area (Å²) in [6.45, 7) is 0.0146. The molecule has 0 aliphatic rings. The summed E-state index contributed by atoms with van der Waals surface area (Å²) in [4.78, 5) is 22.0. The van der Waals surface area contributed by atoms with Crippen molar-refractivity contribution < 1.29 is 9.90 Å². The third kappa shape index (κ3) is 3.14. The second kappa shape index (κ2) is 6.06. The van der Waals surface area contributed by atoms with Gasteiger partial charge in [-0.15, -0.1) is 0 Å². The van der Waals surface area contributed by atoms with Crippen LogP contribution in [0.5, 0.6) is 0 Å². The highest BCUT2D eigenvalue weighted by Gasteiger charge is 2.14. The van der Waals surface area contributed by atoms with Crippen LogP contribution in [0.2, 0.25) is 0 Å². The summed E-state index contributed by atoms with van der Waals surface area (Å²) >= 11 is 0. The lowest BCUT2D eigenvalue weighted by atomic mass is 10.2. The fourth-order valence-electron chi connectivity index (χ4n) is 1.71. The van der Waals surface area contributed by atoms with E-state index in [-0.39, 0.29) is 12.5 Å². The Morgan fingerprint density at radius 2 is 2.11 bits per heavy atom. The highest BCUT2D eigenvalue weighted by molar-refractivity contribution is 6.05. The lowest BCUT2D eigenvalue weighted by Gasteiger charge is -2.16.